The van der Waals surface area contributed by atoms with Crippen molar-refractivity contribution >= 4 is 17.5 Å². The fourth-order valence-electron chi connectivity index (χ4n) is 3.20. The predicted molar refractivity (Wildman–Crippen MR) is 94.4 cm³/mol. The number of rotatable bonds is 3. The number of nitrogens with one attached hydrogen (secondary N) is 1. The summed E-state index contributed by atoms with van der Waals surface area (Å²) in [6.45, 7) is 10.7. The van der Waals surface area contributed by atoms with Crippen LogP contribution in [0.5, 0.6) is 0 Å². The Labute approximate surface area is 138 Å². The second-order valence-corrected chi connectivity index (χ2v) is 6.71. The van der Waals surface area contributed by atoms with Crippen LogP contribution in [0.15, 0.2) is 18.3 Å². The third kappa shape index (κ3) is 3.60. The Morgan fingerprint density at radius 2 is 1.74 bits per heavy atom. The summed E-state index contributed by atoms with van der Waals surface area (Å²) in [5.74, 6) is 2.27. The molecule has 0 atom stereocenters. The molecule has 1 aromatic heterocycles. The van der Waals surface area contributed by atoms with Gasteiger partial charge in [-0.25, -0.2) is 0 Å². The van der Waals surface area contributed by atoms with Gasteiger partial charge >= 0.3 is 0 Å². The number of anilines is 3. The van der Waals surface area contributed by atoms with Crippen LogP contribution in [-0.4, -0.2) is 28.3 Å². The Balaban J connectivity index is 1.81. The van der Waals surface area contributed by atoms with Gasteiger partial charge in [0.1, 0.15) is 0 Å². The molecule has 5 heteroatoms. The van der Waals surface area contributed by atoms with Gasteiger partial charge in [0, 0.05) is 18.8 Å². The number of hydrogen-bond acceptors (Lipinski definition) is 5. The maximum atomic E-state index is 4.66. The zero-order chi connectivity index (χ0) is 16.4. The minimum absolute atomic E-state index is 0.726. The van der Waals surface area contributed by atoms with Crippen LogP contribution in [0.2, 0.25) is 0 Å². The molecule has 3 rings (SSSR count). The van der Waals surface area contributed by atoms with Crippen molar-refractivity contribution in [2.75, 3.05) is 23.3 Å². The molecule has 0 aliphatic carbocycles. The molecule has 1 fully saturated rings. The molecule has 0 spiro atoms. The highest BCUT2D eigenvalue weighted by Gasteiger charge is 2.18. The van der Waals surface area contributed by atoms with Gasteiger partial charge in [0.15, 0.2) is 5.82 Å². The van der Waals surface area contributed by atoms with E-state index in [4.69, 9.17) is 0 Å². The summed E-state index contributed by atoms with van der Waals surface area (Å²) in [6.07, 6.45) is 4.07. The second kappa shape index (κ2) is 6.52. The summed E-state index contributed by atoms with van der Waals surface area (Å²) >= 11 is 0. The molecule has 0 amide bonds. The molecular weight excluding hydrogens is 286 g/mol. The van der Waals surface area contributed by atoms with Gasteiger partial charge in [-0.3, -0.25) is 0 Å². The highest BCUT2D eigenvalue weighted by Crippen LogP contribution is 2.26. The minimum atomic E-state index is 0.726. The van der Waals surface area contributed by atoms with Crippen LogP contribution < -0.4 is 10.2 Å². The van der Waals surface area contributed by atoms with Crippen LogP contribution in [0, 0.1) is 26.7 Å². The van der Waals surface area contributed by atoms with Crippen LogP contribution >= 0.6 is 0 Å². The first-order valence-electron chi connectivity index (χ1n) is 8.32. The van der Waals surface area contributed by atoms with Gasteiger partial charge in [-0.1, -0.05) is 24.6 Å². The Bertz CT molecular complexity index is 667. The van der Waals surface area contributed by atoms with Gasteiger partial charge < -0.3 is 10.2 Å². The van der Waals surface area contributed by atoms with Crippen molar-refractivity contribution in [3.05, 3.63) is 35.0 Å². The molecule has 0 bridgehead atoms. The van der Waals surface area contributed by atoms with Crippen molar-refractivity contribution in [1.82, 2.24) is 15.2 Å². The van der Waals surface area contributed by atoms with Crippen molar-refractivity contribution in [2.24, 2.45) is 5.92 Å². The van der Waals surface area contributed by atoms with Crippen molar-refractivity contribution < 1.29 is 0 Å². The number of aromatic nitrogens is 3. The van der Waals surface area contributed by atoms with Crippen LogP contribution in [0.1, 0.15) is 36.5 Å². The Kier molecular flexibility index (Phi) is 4.46. The fourth-order valence-corrected chi connectivity index (χ4v) is 3.20. The Morgan fingerprint density at radius 3 is 2.39 bits per heavy atom. The molecular formula is C18H25N5. The van der Waals surface area contributed by atoms with E-state index < -0.39 is 0 Å². The monoisotopic (exact) mass is 311 g/mol. The summed E-state index contributed by atoms with van der Waals surface area (Å²) in [6, 6.07) is 4.35. The predicted octanol–water partition coefficient (Wildman–Crippen LogP) is 3.78. The van der Waals surface area contributed by atoms with Gasteiger partial charge in [-0.05, 0) is 50.7 Å². The molecule has 0 radical (unpaired) electrons. The highest BCUT2D eigenvalue weighted by atomic mass is 15.3. The minimum Gasteiger partial charge on any atom is -0.339 e. The lowest BCUT2D eigenvalue weighted by molar-refractivity contribution is 0.433. The number of hydrogen-bond donors (Lipinski definition) is 1. The maximum absolute atomic E-state index is 4.66. The molecule has 1 aliphatic rings. The quantitative estimate of drug-likeness (QED) is 0.935. The summed E-state index contributed by atoms with van der Waals surface area (Å²) < 4.78 is 0. The zero-order valence-corrected chi connectivity index (χ0v) is 14.4. The summed E-state index contributed by atoms with van der Waals surface area (Å²) in [5, 5.41) is 11.8. The molecule has 1 aliphatic heterocycles. The van der Waals surface area contributed by atoms with Crippen molar-refractivity contribution in [3.8, 4) is 0 Å². The molecule has 0 unspecified atom stereocenters. The average Bonchev–Trinajstić information content (AvgIpc) is 2.52. The molecule has 1 saturated heterocycles. The van der Waals surface area contributed by atoms with Crippen molar-refractivity contribution in [3.63, 3.8) is 0 Å². The zero-order valence-electron chi connectivity index (χ0n) is 14.4. The Morgan fingerprint density at radius 1 is 1.09 bits per heavy atom. The van der Waals surface area contributed by atoms with Crippen molar-refractivity contribution in [2.45, 2.75) is 40.5 Å². The molecule has 5 nitrogen and oxygen atoms in total. The first kappa shape index (κ1) is 15.7. The summed E-state index contributed by atoms with van der Waals surface area (Å²) in [4.78, 5) is 6.89. The first-order valence-corrected chi connectivity index (χ1v) is 8.32. The van der Waals surface area contributed by atoms with Gasteiger partial charge in [0.25, 0.3) is 0 Å². The molecule has 122 valence electrons. The van der Waals surface area contributed by atoms with Gasteiger partial charge in [-0.2, -0.15) is 10.1 Å². The fraction of sp³-hybridized carbons (Fsp3) is 0.500. The van der Waals surface area contributed by atoms with Crippen LogP contribution in [0.3, 0.4) is 0 Å². The lowest BCUT2D eigenvalue weighted by atomic mass is 10.00. The highest BCUT2D eigenvalue weighted by molar-refractivity contribution is 5.65. The number of benzene rings is 1. The van der Waals surface area contributed by atoms with Crippen LogP contribution in [0.4, 0.5) is 17.5 Å². The van der Waals surface area contributed by atoms with Gasteiger partial charge in [0.2, 0.25) is 5.95 Å². The Hall–Kier alpha value is -2.17. The smallest absolute Gasteiger partial charge is 0.247 e. The largest absolute Gasteiger partial charge is 0.339 e. The molecule has 23 heavy (non-hydrogen) atoms. The standard InChI is InChI=1S/C18H25N5/c1-12-5-7-23(8-6-12)18-21-16(11-19-22-18)20-17-14(3)9-13(2)10-15(17)4/h9-12H,5-8H2,1-4H3,(H,20,21,22). The lowest BCUT2D eigenvalue weighted by Crippen LogP contribution is -2.34. The van der Waals surface area contributed by atoms with E-state index in [1.807, 2.05) is 0 Å². The van der Waals surface area contributed by atoms with Gasteiger partial charge in [0.05, 0.1) is 6.20 Å². The van der Waals surface area contributed by atoms with Crippen LogP contribution in [0.25, 0.3) is 0 Å². The number of nitrogens with zero attached hydrogens (tertiary/aromatic N) is 4. The molecule has 0 saturated carbocycles. The van der Waals surface area contributed by atoms with Crippen molar-refractivity contribution in [1.29, 1.82) is 0 Å². The lowest BCUT2D eigenvalue weighted by Gasteiger charge is -2.30. The molecule has 1 N–H and O–H groups in total. The van der Waals surface area contributed by atoms with E-state index in [2.05, 4.69) is 65.2 Å². The number of piperidine rings is 1. The molecule has 1 aromatic carbocycles. The normalized spacial score (nSPS) is 15.7. The third-order valence-electron chi connectivity index (χ3n) is 4.54. The number of aryl methyl sites for hydroxylation is 3. The van der Waals surface area contributed by atoms with E-state index in [1.54, 1.807) is 6.20 Å². The SMILES string of the molecule is Cc1cc(C)c(Nc2cnnc(N3CCC(C)CC3)n2)c(C)c1. The van der Waals surface area contributed by atoms with E-state index in [0.717, 1.165) is 36.5 Å². The van der Waals surface area contributed by atoms with E-state index in [-0.39, 0.29) is 0 Å². The van der Waals surface area contributed by atoms with E-state index in [0.29, 0.717) is 0 Å². The second-order valence-electron chi connectivity index (χ2n) is 6.71. The van der Waals surface area contributed by atoms with Crippen LogP contribution in [-0.2, 0) is 0 Å². The molecule has 2 heterocycles. The third-order valence-corrected chi connectivity index (χ3v) is 4.54. The molecule has 2 aromatic rings. The summed E-state index contributed by atoms with van der Waals surface area (Å²) in [7, 11) is 0. The summed E-state index contributed by atoms with van der Waals surface area (Å²) in [5.41, 5.74) is 4.81. The topological polar surface area (TPSA) is 53.9 Å². The van der Waals surface area contributed by atoms with E-state index >= 15 is 0 Å². The average molecular weight is 311 g/mol. The van der Waals surface area contributed by atoms with E-state index in [9.17, 15) is 0 Å². The van der Waals surface area contributed by atoms with E-state index in [1.165, 1.54) is 29.5 Å². The van der Waals surface area contributed by atoms with Gasteiger partial charge in [-0.15, -0.1) is 5.10 Å². The maximum Gasteiger partial charge on any atom is 0.247 e. The first-order chi connectivity index (χ1) is 11.0.